The highest BCUT2D eigenvalue weighted by molar-refractivity contribution is 7.89. The molecular weight excluding hydrogens is 408 g/mol. The van der Waals surface area contributed by atoms with Gasteiger partial charge in [0.15, 0.2) is 0 Å². The van der Waals surface area contributed by atoms with Crippen LogP contribution in [0.4, 0.5) is 0 Å². The number of hydrogen-bond donors (Lipinski definition) is 1. The van der Waals surface area contributed by atoms with Crippen LogP contribution in [0.25, 0.3) is 11.4 Å². The molecule has 2 aromatic heterocycles. The van der Waals surface area contributed by atoms with E-state index in [-0.39, 0.29) is 23.1 Å². The molecule has 2 heterocycles. The van der Waals surface area contributed by atoms with Gasteiger partial charge in [0.1, 0.15) is 0 Å². The standard InChI is InChI=1S/C20H22N4O5S/c1-14(2)24-30(26,27)17-8-3-6-15(12-17)20(25)28-11-5-9-18-22-19(23-29-18)16-7-4-10-21-13-16/h3-4,6-8,10,12-14,24H,5,9,11H2,1-2H3. The molecule has 3 aromatic rings. The molecule has 1 N–H and O–H groups in total. The Hall–Kier alpha value is -3.11. The summed E-state index contributed by atoms with van der Waals surface area (Å²) in [6, 6.07) is 9.09. The fraction of sp³-hybridized carbons (Fsp3) is 0.300. The number of nitrogens with one attached hydrogen (secondary N) is 1. The Morgan fingerprint density at radius 2 is 2.07 bits per heavy atom. The number of esters is 1. The maximum Gasteiger partial charge on any atom is 0.338 e. The van der Waals surface area contributed by atoms with Crippen LogP contribution in [0, 0.1) is 0 Å². The Morgan fingerprint density at radius 3 is 2.80 bits per heavy atom. The van der Waals surface area contributed by atoms with E-state index in [1.807, 2.05) is 6.07 Å². The quantitative estimate of drug-likeness (QED) is 0.406. The number of aryl methyl sites for hydroxylation is 1. The van der Waals surface area contributed by atoms with Gasteiger partial charge in [0.2, 0.25) is 21.7 Å². The second-order valence-electron chi connectivity index (χ2n) is 6.80. The lowest BCUT2D eigenvalue weighted by atomic mass is 10.2. The largest absolute Gasteiger partial charge is 0.462 e. The van der Waals surface area contributed by atoms with Gasteiger partial charge in [-0.15, -0.1) is 0 Å². The van der Waals surface area contributed by atoms with E-state index in [1.165, 1.54) is 24.3 Å². The first-order valence-electron chi connectivity index (χ1n) is 9.37. The molecule has 0 fully saturated rings. The van der Waals surface area contributed by atoms with Crippen molar-refractivity contribution in [2.75, 3.05) is 6.61 Å². The zero-order valence-corrected chi connectivity index (χ0v) is 17.4. The van der Waals surface area contributed by atoms with Gasteiger partial charge in [-0.05, 0) is 50.6 Å². The van der Waals surface area contributed by atoms with Crippen molar-refractivity contribution in [3.8, 4) is 11.4 Å². The van der Waals surface area contributed by atoms with Gasteiger partial charge in [-0.2, -0.15) is 4.98 Å². The Kier molecular flexibility index (Phi) is 6.91. The van der Waals surface area contributed by atoms with Crippen LogP contribution >= 0.6 is 0 Å². The summed E-state index contributed by atoms with van der Waals surface area (Å²) in [7, 11) is -3.69. The number of nitrogens with zero attached hydrogens (tertiary/aromatic N) is 3. The SMILES string of the molecule is CC(C)NS(=O)(=O)c1cccc(C(=O)OCCCc2nc(-c3cccnc3)no2)c1. The van der Waals surface area contributed by atoms with Crippen LogP contribution < -0.4 is 4.72 Å². The number of aromatic nitrogens is 3. The molecule has 0 bridgehead atoms. The number of sulfonamides is 1. The van der Waals surface area contributed by atoms with Crippen molar-refractivity contribution in [3.63, 3.8) is 0 Å². The molecule has 1 aromatic carbocycles. The Balaban J connectivity index is 1.52. The molecule has 0 spiro atoms. The summed E-state index contributed by atoms with van der Waals surface area (Å²) in [5, 5.41) is 3.90. The van der Waals surface area contributed by atoms with Crippen LogP contribution in [0.1, 0.15) is 36.5 Å². The minimum atomic E-state index is -3.69. The Labute approximate surface area is 174 Å². The van der Waals surface area contributed by atoms with Crippen molar-refractivity contribution >= 4 is 16.0 Å². The smallest absolute Gasteiger partial charge is 0.338 e. The second kappa shape index (κ2) is 9.59. The highest BCUT2D eigenvalue weighted by atomic mass is 32.2. The number of carbonyl (C=O) groups is 1. The summed E-state index contributed by atoms with van der Waals surface area (Å²) >= 11 is 0. The van der Waals surface area contributed by atoms with Crippen molar-refractivity contribution in [3.05, 3.63) is 60.2 Å². The summed E-state index contributed by atoms with van der Waals surface area (Å²) in [4.78, 5) is 20.6. The fourth-order valence-electron chi connectivity index (χ4n) is 2.61. The number of rotatable bonds is 9. The van der Waals surface area contributed by atoms with Gasteiger partial charge >= 0.3 is 5.97 Å². The third kappa shape index (κ3) is 5.71. The van der Waals surface area contributed by atoms with Crippen LogP contribution in [0.5, 0.6) is 0 Å². The molecule has 0 aliphatic carbocycles. The first kappa shape index (κ1) is 21.6. The zero-order valence-electron chi connectivity index (χ0n) is 16.6. The highest BCUT2D eigenvalue weighted by Crippen LogP contribution is 2.15. The van der Waals surface area contributed by atoms with Gasteiger partial charge in [0.25, 0.3) is 0 Å². The molecule has 3 rings (SSSR count). The van der Waals surface area contributed by atoms with Gasteiger partial charge in [0.05, 0.1) is 17.1 Å². The number of ether oxygens (including phenoxy) is 1. The van der Waals surface area contributed by atoms with E-state index in [0.717, 1.165) is 5.56 Å². The van der Waals surface area contributed by atoms with Gasteiger partial charge in [0, 0.05) is 30.4 Å². The third-order valence-corrected chi connectivity index (χ3v) is 5.58. The normalized spacial score (nSPS) is 11.6. The van der Waals surface area contributed by atoms with E-state index >= 15 is 0 Å². The summed E-state index contributed by atoms with van der Waals surface area (Å²) in [5.41, 5.74) is 0.916. The van der Waals surface area contributed by atoms with Gasteiger partial charge in [-0.1, -0.05) is 11.2 Å². The van der Waals surface area contributed by atoms with E-state index in [4.69, 9.17) is 9.26 Å². The summed E-state index contributed by atoms with van der Waals surface area (Å²) in [6.45, 7) is 3.57. The van der Waals surface area contributed by atoms with E-state index in [9.17, 15) is 13.2 Å². The molecule has 0 unspecified atom stereocenters. The average molecular weight is 430 g/mol. The lowest BCUT2D eigenvalue weighted by Gasteiger charge is -2.10. The minimum absolute atomic E-state index is 0.0134. The van der Waals surface area contributed by atoms with Gasteiger partial charge < -0.3 is 9.26 Å². The van der Waals surface area contributed by atoms with Crippen LogP contribution in [0.15, 0.2) is 58.2 Å². The number of pyridine rings is 1. The molecule has 158 valence electrons. The molecule has 0 saturated carbocycles. The Morgan fingerprint density at radius 1 is 1.23 bits per heavy atom. The predicted molar refractivity (Wildman–Crippen MR) is 108 cm³/mol. The van der Waals surface area contributed by atoms with Gasteiger partial charge in [-0.25, -0.2) is 17.9 Å². The zero-order chi connectivity index (χ0) is 21.6. The molecule has 9 nitrogen and oxygen atoms in total. The molecule has 0 atom stereocenters. The van der Waals surface area contributed by atoms with Crippen molar-refractivity contribution in [1.82, 2.24) is 19.8 Å². The number of benzene rings is 1. The maximum absolute atomic E-state index is 12.3. The first-order chi connectivity index (χ1) is 14.3. The van der Waals surface area contributed by atoms with Crippen molar-refractivity contribution in [1.29, 1.82) is 0 Å². The summed E-state index contributed by atoms with van der Waals surface area (Å²) in [6.07, 6.45) is 4.22. The predicted octanol–water partition coefficient (Wildman–Crippen LogP) is 2.61. The molecule has 0 aliphatic rings. The fourth-order valence-corrected chi connectivity index (χ4v) is 3.91. The van der Waals surface area contributed by atoms with E-state index in [1.54, 1.807) is 32.3 Å². The number of hydrogen-bond acceptors (Lipinski definition) is 8. The van der Waals surface area contributed by atoms with Crippen molar-refractivity contribution in [2.45, 2.75) is 37.6 Å². The van der Waals surface area contributed by atoms with Crippen LogP contribution in [-0.4, -0.2) is 42.2 Å². The second-order valence-corrected chi connectivity index (χ2v) is 8.51. The van der Waals surface area contributed by atoms with E-state index in [2.05, 4.69) is 19.8 Å². The maximum atomic E-state index is 12.3. The minimum Gasteiger partial charge on any atom is -0.462 e. The van der Waals surface area contributed by atoms with Crippen LogP contribution in [0.2, 0.25) is 0 Å². The monoisotopic (exact) mass is 430 g/mol. The van der Waals surface area contributed by atoms with Crippen molar-refractivity contribution in [2.24, 2.45) is 0 Å². The first-order valence-corrected chi connectivity index (χ1v) is 10.9. The molecule has 10 heteroatoms. The van der Waals surface area contributed by atoms with Gasteiger partial charge in [-0.3, -0.25) is 4.98 Å². The molecule has 0 aliphatic heterocycles. The van der Waals surface area contributed by atoms with Crippen LogP contribution in [-0.2, 0) is 21.2 Å². The lowest BCUT2D eigenvalue weighted by molar-refractivity contribution is 0.0498. The van der Waals surface area contributed by atoms with Crippen LogP contribution in [0.3, 0.4) is 0 Å². The number of carbonyl (C=O) groups excluding carboxylic acids is 1. The Bertz CT molecular complexity index is 1100. The molecule has 0 amide bonds. The molecule has 0 radical (unpaired) electrons. The van der Waals surface area contributed by atoms with E-state index < -0.39 is 16.0 Å². The summed E-state index contributed by atoms with van der Waals surface area (Å²) < 4.78 is 37.4. The average Bonchev–Trinajstić information content (AvgIpc) is 3.20. The summed E-state index contributed by atoms with van der Waals surface area (Å²) in [5.74, 6) is 0.277. The molecular formula is C20H22N4O5S. The van der Waals surface area contributed by atoms with E-state index in [0.29, 0.717) is 24.6 Å². The third-order valence-electron chi connectivity index (χ3n) is 3.93. The molecule has 0 saturated heterocycles. The highest BCUT2D eigenvalue weighted by Gasteiger charge is 2.18. The lowest BCUT2D eigenvalue weighted by Crippen LogP contribution is -2.30. The molecule has 30 heavy (non-hydrogen) atoms. The van der Waals surface area contributed by atoms with Crippen molar-refractivity contribution < 1.29 is 22.5 Å². The topological polar surface area (TPSA) is 124 Å².